The van der Waals surface area contributed by atoms with Crippen LogP contribution in [-0.4, -0.2) is 17.5 Å². The van der Waals surface area contributed by atoms with Crippen LogP contribution >= 0.6 is 0 Å². The van der Waals surface area contributed by atoms with Gasteiger partial charge in [-0.3, -0.25) is 14.9 Å². The predicted molar refractivity (Wildman–Crippen MR) is 79.1 cm³/mol. The number of nitrogens with zero attached hydrogens (tertiary/aromatic N) is 2. The van der Waals surface area contributed by atoms with E-state index in [2.05, 4.69) is 0 Å². The van der Waals surface area contributed by atoms with Crippen molar-refractivity contribution in [2.24, 2.45) is 0 Å². The van der Waals surface area contributed by atoms with Crippen LogP contribution in [0.4, 0.5) is 5.69 Å². The Hall–Kier alpha value is -2.51. The number of nitro benzene ring substituents is 1. The molecule has 0 unspecified atom stereocenters. The third kappa shape index (κ3) is 3.69. The summed E-state index contributed by atoms with van der Waals surface area (Å²) in [6, 6.07) is 6.46. The van der Waals surface area contributed by atoms with E-state index in [0.717, 1.165) is 0 Å². The molecule has 0 N–H and O–H groups in total. The summed E-state index contributed by atoms with van der Waals surface area (Å²) in [5, 5.41) is 11.1. The molecule has 0 fully saturated rings. The second-order valence-electron chi connectivity index (χ2n) is 5.28. The van der Waals surface area contributed by atoms with Crippen LogP contribution in [0, 0.1) is 10.1 Å². The molecule has 8 heteroatoms. The molecule has 7 nitrogen and oxygen atoms in total. The summed E-state index contributed by atoms with van der Waals surface area (Å²) in [5.41, 5.74) is 1.92. The Balaban J connectivity index is 0.00000208. The van der Waals surface area contributed by atoms with Gasteiger partial charge >= 0.3 is 0 Å². The zero-order chi connectivity index (χ0) is 16.4. The number of carbonyl (C=O) groups excluding carboxylic acids is 1. The van der Waals surface area contributed by atoms with E-state index in [9.17, 15) is 14.9 Å². The fourth-order valence-electron chi connectivity index (χ4n) is 2.53. The van der Waals surface area contributed by atoms with Gasteiger partial charge in [0, 0.05) is 23.8 Å². The number of nitro groups is 1. The predicted octanol–water partition coefficient (Wildman–Crippen LogP) is -0.996. The number of hydrogen-bond acceptors (Lipinski definition) is 5. The molecule has 1 aliphatic heterocycles. The smallest absolute Gasteiger partial charge is 0.270 e. The van der Waals surface area contributed by atoms with Gasteiger partial charge in [0.15, 0.2) is 31.5 Å². The molecule has 0 atom stereocenters. The number of Topliss-reactive ketones (excluding diaryl/α,β-unsaturated/α-hetero) is 1. The summed E-state index contributed by atoms with van der Waals surface area (Å²) in [6.45, 7) is 2.26. The molecule has 0 saturated carbocycles. The largest absolute Gasteiger partial charge is 1.00 e. The van der Waals surface area contributed by atoms with Crippen LogP contribution in [0.15, 0.2) is 36.7 Å². The standard InChI is InChI=1S/C16H15N2O5.ClH/c1-11(19)12-3-2-4-17(7-12)8-13-5-15(18(20)21)6-14-9-22-10-23-16(13)14;/h2-7H,8-10H2,1H3;1H/q+1;/p-1. The molecule has 24 heavy (non-hydrogen) atoms. The first-order chi connectivity index (χ1) is 11.0. The number of carbonyl (C=O) groups is 1. The van der Waals surface area contributed by atoms with Gasteiger partial charge in [-0.1, -0.05) is 0 Å². The van der Waals surface area contributed by atoms with Crippen LogP contribution in [0.3, 0.4) is 0 Å². The molecular formula is C16H15ClN2O5. The number of aromatic nitrogens is 1. The van der Waals surface area contributed by atoms with E-state index in [4.69, 9.17) is 9.47 Å². The van der Waals surface area contributed by atoms with Crippen molar-refractivity contribution in [1.29, 1.82) is 0 Å². The fraction of sp³-hybridized carbons (Fsp3) is 0.250. The van der Waals surface area contributed by atoms with Crippen LogP contribution in [0.25, 0.3) is 0 Å². The van der Waals surface area contributed by atoms with Gasteiger partial charge in [-0.15, -0.1) is 0 Å². The monoisotopic (exact) mass is 350 g/mol. The maximum atomic E-state index is 11.5. The highest BCUT2D eigenvalue weighted by Crippen LogP contribution is 2.32. The van der Waals surface area contributed by atoms with Crippen LogP contribution < -0.4 is 21.7 Å². The number of benzene rings is 1. The van der Waals surface area contributed by atoms with Crippen molar-refractivity contribution in [3.05, 3.63) is 63.5 Å². The van der Waals surface area contributed by atoms with Crippen molar-refractivity contribution in [2.75, 3.05) is 6.79 Å². The topological polar surface area (TPSA) is 82.6 Å². The summed E-state index contributed by atoms with van der Waals surface area (Å²) < 4.78 is 12.5. The molecule has 2 aromatic rings. The summed E-state index contributed by atoms with van der Waals surface area (Å²) >= 11 is 0. The minimum Gasteiger partial charge on any atom is -1.00 e. The Kier molecular flexibility index (Phi) is 5.48. The van der Waals surface area contributed by atoms with Gasteiger partial charge in [-0.2, -0.15) is 4.57 Å². The van der Waals surface area contributed by atoms with E-state index in [1.165, 1.54) is 19.1 Å². The highest BCUT2D eigenvalue weighted by Gasteiger charge is 2.23. The van der Waals surface area contributed by atoms with Crippen LogP contribution in [-0.2, 0) is 17.9 Å². The lowest BCUT2D eigenvalue weighted by molar-refractivity contribution is -0.688. The van der Waals surface area contributed by atoms with E-state index in [1.54, 1.807) is 29.1 Å². The first kappa shape index (κ1) is 17.8. The minimum absolute atomic E-state index is 0. The number of hydrogen-bond donors (Lipinski definition) is 0. The minimum atomic E-state index is -0.435. The molecule has 0 bridgehead atoms. The van der Waals surface area contributed by atoms with Gasteiger partial charge in [0.2, 0.25) is 0 Å². The van der Waals surface area contributed by atoms with Gasteiger partial charge in [0.05, 0.1) is 22.7 Å². The number of rotatable bonds is 4. The van der Waals surface area contributed by atoms with Crippen LogP contribution in [0.2, 0.25) is 0 Å². The fourth-order valence-corrected chi connectivity index (χ4v) is 2.53. The number of halogens is 1. The molecule has 1 aromatic carbocycles. The normalized spacial score (nSPS) is 12.5. The first-order valence-corrected chi connectivity index (χ1v) is 7.05. The molecule has 1 aliphatic rings. The van der Waals surface area contributed by atoms with Crippen molar-refractivity contribution in [2.45, 2.75) is 20.1 Å². The van der Waals surface area contributed by atoms with Gasteiger partial charge < -0.3 is 21.9 Å². The third-order valence-corrected chi connectivity index (χ3v) is 3.60. The SMILES string of the molecule is CC(=O)c1ccc[n+](Cc2cc([N+](=O)[O-])cc3c2OCOC3)c1.[Cl-]. The van der Waals surface area contributed by atoms with Crippen molar-refractivity contribution in [3.63, 3.8) is 0 Å². The number of ketones is 1. The zero-order valence-electron chi connectivity index (χ0n) is 12.9. The van der Waals surface area contributed by atoms with E-state index in [-0.39, 0.29) is 37.3 Å². The van der Waals surface area contributed by atoms with E-state index in [0.29, 0.717) is 29.0 Å². The zero-order valence-corrected chi connectivity index (χ0v) is 13.7. The van der Waals surface area contributed by atoms with E-state index < -0.39 is 4.92 Å². The second-order valence-corrected chi connectivity index (χ2v) is 5.28. The van der Waals surface area contributed by atoms with Gasteiger partial charge in [-0.25, -0.2) is 0 Å². The second kappa shape index (κ2) is 7.37. The highest BCUT2D eigenvalue weighted by atomic mass is 35.5. The van der Waals surface area contributed by atoms with Crippen LogP contribution in [0.1, 0.15) is 28.4 Å². The summed E-state index contributed by atoms with van der Waals surface area (Å²) in [4.78, 5) is 22.2. The van der Waals surface area contributed by atoms with E-state index in [1.807, 2.05) is 0 Å². The average Bonchev–Trinajstić information content (AvgIpc) is 2.55. The lowest BCUT2D eigenvalue weighted by Gasteiger charge is -2.19. The molecule has 126 valence electrons. The van der Waals surface area contributed by atoms with Crippen molar-refractivity contribution in [1.82, 2.24) is 0 Å². The Morgan fingerprint density at radius 3 is 2.92 bits per heavy atom. The molecule has 2 heterocycles. The molecule has 0 spiro atoms. The number of non-ortho nitro benzene ring substituents is 1. The summed E-state index contributed by atoms with van der Waals surface area (Å²) in [6.07, 6.45) is 3.52. The van der Waals surface area contributed by atoms with Crippen molar-refractivity contribution >= 4 is 11.5 Å². The molecule has 3 rings (SSSR count). The number of fused-ring (bicyclic) bond motifs is 1. The number of ether oxygens (including phenoxy) is 2. The Labute approximate surface area is 144 Å². The molecular weight excluding hydrogens is 336 g/mol. The highest BCUT2D eigenvalue weighted by molar-refractivity contribution is 5.93. The van der Waals surface area contributed by atoms with Gasteiger partial charge in [-0.05, 0) is 13.0 Å². The summed E-state index contributed by atoms with van der Waals surface area (Å²) in [5.74, 6) is 0.577. The number of pyridine rings is 1. The van der Waals surface area contributed by atoms with Crippen molar-refractivity contribution < 1.29 is 36.2 Å². The first-order valence-electron chi connectivity index (χ1n) is 7.05. The maximum absolute atomic E-state index is 11.5. The van der Waals surface area contributed by atoms with Gasteiger partial charge in [0.25, 0.3) is 5.69 Å². The molecule has 0 amide bonds. The molecule has 1 aromatic heterocycles. The quantitative estimate of drug-likeness (QED) is 0.306. The molecule has 0 saturated heterocycles. The third-order valence-electron chi connectivity index (χ3n) is 3.60. The molecule has 0 aliphatic carbocycles. The Morgan fingerprint density at radius 2 is 2.21 bits per heavy atom. The maximum Gasteiger partial charge on any atom is 0.270 e. The van der Waals surface area contributed by atoms with Crippen molar-refractivity contribution in [3.8, 4) is 5.75 Å². The molecule has 0 radical (unpaired) electrons. The van der Waals surface area contributed by atoms with E-state index >= 15 is 0 Å². The Bertz CT molecular complexity index is 794. The van der Waals surface area contributed by atoms with Gasteiger partial charge in [0.1, 0.15) is 5.75 Å². The van der Waals surface area contributed by atoms with Crippen LogP contribution in [0.5, 0.6) is 5.75 Å². The lowest BCUT2D eigenvalue weighted by Crippen LogP contribution is -3.00. The Morgan fingerprint density at radius 1 is 1.42 bits per heavy atom. The lowest BCUT2D eigenvalue weighted by atomic mass is 10.1. The average molecular weight is 351 g/mol. The summed E-state index contributed by atoms with van der Waals surface area (Å²) in [7, 11) is 0.